The van der Waals surface area contributed by atoms with Crippen molar-refractivity contribution >= 4 is 11.7 Å². The van der Waals surface area contributed by atoms with Crippen LogP contribution in [-0.2, 0) is 11.4 Å². The number of nitrogens with two attached hydrogens (primary N) is 1. The highest BCUT2D eigenvalue weighted by molar-refractivity contribution is 5.76. The molecule has 1 amide bonds. The second-order valence-corrected chi connectivity index (χ2v) is 10.5. The Labute approximate surface area is 220 Å². The average Bonchev–Trinajstić information content (AvgIpc) is 2.85. The highest BCUT2D eigenvalue weighted by atomic mass is 16.5. The second kappa shape index (κ2) is 11.3. The summed E-state index contributed by atoms with van der Waals surface area (Å²) in [5.41, 5.74) is 13.1. The van der Waals surface area contributed by atoms with Crippen molar-refractivity contribution in [2.24, 2.45) is 5.73 Å². The molecule has 7 nitrogen and oxygen atoms in total. The van der Waals surface area contributed by atoms with Gasteiger partial charge in [0.1, 0.15) is 18.2 Å². The number of aryl methyl sites for hydroxylation is 4. The Morgan fingerprint density at radius 2 is 1.68 bits per heavy atom. The van der Waals surface area contributed by atoms with E-state index in [1.165, 1.54) is 11.1 Å². The normalized spacial score (nSPS) is 14.3. The summed E-state index contributed by atoms with van der Waals surface area (Å²) in [7, 11) is 0. The van der Waals surface area contributed by atoms with Crippen LogP contribution in [0, 0.1) is 27.7 Å². The molecule has 1 aromatic heterocycles. The van der Waals surface area contributed by atoms with Crippen LogP contribution in [0.2, 0.25) is 0 Å². The van der Waals surface area contributed by atoms with Gasteiger partial charge in [-0.2, -0.15) is 0 Å². The molecular formula is C30H39N5O2. The summed E-state index contributed by atoms with van der Waals surface area (Å²) >= 11 is 0. The fraction of sp³-hybridized carbons (Fsp3) is 0.433. The molecule has 1 saturated heterocycles. The summed E-state index contributed by atoms with van der Waals surface area (Å²) in [4.78, 5) is 25.9. The second-order valence-electron chi connectivity index (χ2n) is 10.5. The van der Waals surface area contributed by atoms with Gasteiger partial charge in [-0.15, -0.1) is 0 Å². The zero-order valence-electron chi connectivity index (χ0n) is 23.0. The van der Waals surface area contributed by atoms with Gasteiger partial charge in [-0.1, -0.05) is 43.7 Å². The van der Waals surface area contributed by atoms with E-state index < -0.39 is 0 Å². The summed E-state index contributed by atoms with van der Waals surface area (Å²) in [6.45, 7) is 16.4. The molecule has 0 saturated carbocycles. The predicted octanol–water partition coefficient (Wildman–Crippen LogP) is 4.69. The SMILES string of the molecule is Cc1ccc(C)c(-c2nc(C)c(COc3cc(C(C)C)ccc3C)c(N3CCN(CC(N)=O)CC3)n2)c1. The van der Waals surface area contributed by atoms with Crippen molar-refractivity contribution in [3.8, 4) is 17.1 Å². The monoisotopic (exact) mass is 501 g/mol. The first-order chi connectivity index (χ1) is 17.6. The van der Waals surface area contributed by atoms with E-state index in [2.05, 4.69) is 80.8 Å². The van der Waals surface area contributed by atoms with Gasteiger partial charge in [0.25, 0.3) is 0 Å². The molecule has 1 fully saturated rings. The number of ether oxygens (including phenoxy) is 1. The van der Waals surface area contributed by atoms with Gasteiger partial charge in [0.2, 0.25) is 5.91 Å². The highest BCUT2D eigenvalue weighted by Crippen LogP contribution is 2.31. The molecule has 2 aromatic carbocycles. The molecule has 196 valence electrons. The zero-order chi connectivity index (χ0) is 26.7. The Morgan fingerprint density at radius 1 is 0.973 bits per heavy atom. The topological polar surface area (TPSA) is 84.6 Å². The lowest BCUT2D eigenvalue weighted by molar-refractivity contribution is -0.119. The maximum absolute atomic E-state index is 11.4. The molecule has 2 heterocycles. The van der Waals surface area contributed by atoms with Crippen molar-refractivity contribution in [1.82, 2.24) is 14.9 Å². The Hall–Kier alpha value is -3.45. The fourth-order valence-corrected chi connectivity index (χ4v) is 4.73. The zero-order valence-corrected chi connectivity index (χ0v) is 23.0. The van der Waals surface area contributed by atoms with Crippen LogP contribution in [0.1, 0.15) is 53.3 Å². The molecule has 0 bridgehead atoms. The molecule has 3 aromatic rings. The van der Waals surface area contributed by atoms with Gasteiger partial charge < -0.3 is 15.4 Å². The van der Waals surface area contributed by atoms with Crippen molar-refractivity contribution in [2.75, 3.05) is 37.6 Å². The van der Waals surface area contributed by atoms with Crippen molar-refractivity contribution in [3.05, 3.63) is 69.9 Å². The van der Waals surface area contributed by atoms with Gasteiger partial charge >= 0.3 is 0 Å². The number of amides is 1. The Balaban J connectivity index is 1.69. The minimum absolute atomic E-state index is 0.284. The van der Waals surface area contributed by atoms with E-state index in [9.17, 15) is 4.79 Å². The molecule has 1 aliphatic heterocycles. The molecule has 0 atom stereocenters. The molecule has 0 spiro atoms. The number of benzene rings is 2. The third-order valence-electron chi connectivity index (χ3n) is 7.13. The number of anilines is 1. The number of carbonyl (C=O) groups excluding carboxylic acids is 1. The maximum atomic E-state index is 11.4. The molecule has 0 unspecified atom stereocenters. The van der Waals surface area contributed by atoms with E-state index >= 15 is 0 Å². The number of carbonyl (C=O) groups is 1. The number of hydrogen-bond donors (Lipinski definition) is 1. The highest BCUT2D eigenvalue weighted by Gasteiger charge is 2.24. The largest absolute Gasteiger partial charge is 0.488 e. The van der Waals surface area contributed by atoms with Crippen LogP contribution in [0.15, 0.2) is 36.4 Å². The van der Waals surface area contributed by atoms with Gasteiger partial charge in [0, 0.05) is 31.7 Å². The van der Waals surface area contributed by atoms with Gasteiger partial charge in [-0.3, -0.25) is 9.69 Å². The minimum atomic E-state index is -0.295. The summed E-state index contributed by atoms with van der Waals surface area (Å²) in [6.07, 6.45) is 0. The van der Waals surface area contributed by atoms with E-state index in [0.29, 0.717) is 12.5 Å². The van der Waals surface area contributed by atoms with Crippen LogP contribution in [0.4, 0.5) is 5.82 Å². The molecule has 0 radical (unpaired) electrons. The Bertz CT molecular complexity index is 1280. The summed E-state index contributed by atoms with van der Waals surface area (Å²) in [5, 5.41) is 0. The van der Waals surface area contributed by atoms with Gasteiger partial charge in [0.15, 0.2) is 5.82 Å². The van der Waals surface area contributed by atoms with Crippen LogP contribution >= 0.6 is 0 Å². The lowest BCUT2D eigenvalue weighted by Crippen LogP contribution is -2.49. The minimum Gasteiger partial charge on any atom is -0.488 e. The van der Waals surface area contributed by atoms with Gasteiger partial charge in [0.05, 0.1) is 17.8 Å². The number of aromatic nitrogens is 2. The molecule has 1 aliphatic rings. The molecule has 0 aliphatic carbocycles. The fourth-order valence-electron chi connectivity index (χ4n) is 4.73. The third-order valence-corrected chi connectivity index (χ3v) is 7.13. The lowest BCUT2D eigenvalue weighted by Gasteiger charge is -2.36. The first-order valence-electron chi connectivity index (χ1n) is 13.1. The van der Waals surface area contributed by atoms with E-state index in [1.54, 1.807) is 0 Å². The number of hydrogen-bond acceptors (Lipinski definition) is 6. The van der Waals surface area contributed by atoms with E-state index in [4.69, 9.17) is 20.4 Å². The lowest BCUT2D eigenvalue weighted by atomic mass is 10.0. The van der Waals surface area contributed by atoms with Crippen molar-refractivity contribution in [3.63, 3.8) is 0 Å². The maximum Gasteiger partial charge on any atom is 0.231 e. The van der Waals surface area contributed by atoms with E-state index in [-0.39, 0.29) is 12.5 Å². The number of nitrogens with zero attached hydrogens (tertiary/aromatic N) is 4. The van der Waals surface area contributed by atoms with Crippen molar-refractivity contribution < 1.29 is 9.53 Å². The first-order valence-corrected chi connectivity index (χ1v) is 13.1. The molecule has 2 N–H and O–H groups in total. The molecular weight excluding hydrogens is 462 g/mol. The average molecular weight is 502 g/mol. The summed E-state index contributed by atoms with van der Waals surface area (Å²) in [5.74, 6) is 2.66. The van der Waals surface area contributed by atoms with Crippen LogP contribution in [-0.4, -0.2) is 53.5 Å². The van der Waals surface area contributed by atoms with Gasteiger partial charge in [-0.25, -0.2) is 9.97 Å². The number of piperazine rings is 1. The molecule has 7 heteroatoms. The Kier molecular flexibility index (Phi) is 8.13. The molecule has 37 heavy (non-hydrogen) atoms. The smallest absolute Gasteiger partial charge is 0.231 e. The van der Waals surface area contributed by atoms with Crippen LogP contribution < -0.4 is 15.4 Å². The van der Waals surface area contributed by atoms with Crippen molar-refractivity contribution in [1.29, 1.82) is 0 Å². The van der Waals surface area contributed by atoms with Gasteiger partial charge in [-0.05, 0) is 62.4 Å². The quantitative estimate of drug-likeness (QED) is 0.482. The predicted molar refractivity (Wildman–Crippen MR) is 149 cm³/mol. The first kappa shape index (κ1) is 26.6. The van der Waals surface area contributed by atoms with E-state index in [0.717, 1.165) is 71.5 Å². The molecule has 4 rings (SSSR count). The van der Waals surface area contributed by atoms with Crippen LogP contribution in [0.25, 0.3) is 11.4 Å². The Morgan fingerprint density at radius 3 is 2.35 bits per heavy atom. The number of rotatable bonds is 8. The van der Waals surface area contributed by atoms with Crippen LogP contribution in [0.5, 0.6) is 5.75 Å². The summed E-state index contributed by atoms with van der Waals surface area (Å²) < 4.78 is 6.41. The third kappa shape index (κ3) is 6.28. The van der Waals surface area contributed by atoms with E-state index in [1.807, 2.05) is 6.92 Å². The van der Waals surface area contributed by atoms with Crippen LogP contribution in [0.3, 0.4) is 0 Å². The standard InChI is InChI=1S/C30H39N5O2/c1-19(2)24-10-9-22(5)27(16-24)37-18-26-23(6)32-29(25-15-20(3)7-8-21(25)4)33-30(26)35-13-11-34(12-14-35)17-28(31)36/h7-10,15-16,19H,11-14,17-18H2,1-6H3,(H2,31,36). The van der Waals surface area contributed by atoms with Crippen molar-refractivity contribution in [2.45, 2.75) is 54.1 Å². The summed E-state index contributed by atoms with van der Waals surface area (Å²) in [6, 6.07) is 12.8. The number of primary amides is 1.